The summed E-state index contributed by atoms with van der Waals surface area (Å²) in [4.78, 5) is 15.1. The Bertz CT molecular complexity index is 756. The first kappa shape index (κ1) is 15.5. The monoisotopic (exact) mass is 349 g/mol. The van der Waals surface area contributed by atoms with Crippen LogP contribution >= 0.6 is 11.6 Å². The first-order valence-corrected chi connectivity index (χ1v) is 8.54. The summed E-state index contributed by atoms with van der Waals surface area (Å²) >= 11 is 5.99. The van der Waals surface area contributed by atoms with Crippen LogP contribution in [0.4, 0.5) is 0 Å². The third-order valence-corrected chi connectivity index (χ3v) is 5.30. The van der Waals surface area contributed by atoms with Gasteiger partial charge in [-0.3, -0.25) is 14.2 Å². The molecule has 0 spiro atoms. The zero-order chi connectivity index (χ0) is 16.8. The molecular formula is C16H20ClN5O2. The molecule has 2 aromatic rings. The van der Waals surface area contributed by atoms with Gasteiger partial charge in [-0.15, -0.1) is 5.10 Å². The molecule has 8 heteroatoms. The summed E-state index contributed by atoms with van der Waals surface area (Å²) in [6, 6.07) is 0.762. The Labute approximate surface area is 145 Å². The van der Waals surface area contributed by atoms with Crippen molar-refractivity contribution >= 4 is 17.5 Å². The molecule has 2 aliphatic rings. The number of hydrogen-bond acceptors (Lipinski definition) is 4. The maximum Gasteiger partial charge on any atom is 0.261 e. The van der Waals surface area contributed by atoms with Crippen LogP contribution in [0.25, 0.3) is 0 Å². The molecule has 0 saturated carbocycles. The number of hydrogen-bond donors (Lipinski definition) is 0. The van der Waals surface area contributed by atoms with E-state index in [0.717, 1.165) is 25.7 Å². The van der Waals surface area contributed by atoms with E-state index in [-0.39, 0.29) is 18.0 Å². The zero-order valence-electron chi connectivity index (χ0n) is 13.7. The third kappa shape index (κ3) is 2.47. The fourth-order valence-electron chi connectivity index (χ4n) is 4.12. The summed E-state index contributed by atoms with van der Waals surface area (Å²) < 4.78 is 8.82. The minimum Gasteiger partial charge on any atom is -0.479 e. The number of carbonyl (C=O) groups is 1. The normalized spacial score (nSPS) is 26.0. The molecule has 2 fully saturated rings. The van der Waals surface area contributed by atoms with Gasteiger partial charge in [0.05, 0.1) is 24.4 Å². The Morgan fingerprint density at radius 2 is 1.96 bits per heavy atom. The third-order valence-electron chi connectivity index (χ3n) is 5.11. The van der Waals surface area contributed by atoms with Crippen LogP contribution in [0.5, 0.6) is 5.88 Å². The van der Waals surface area contributed by atoms with Crippen molar-refractivity contribution in [3.8, 4) is 5.88 Å². The fourth-order valence-corrected chi connectivity index (χ4v) is 4.26. The summed E-state index contributed by atoms with van der Waals surface area (Å²) in [6.45, 7) is 0. The second-order valence-electron chi connectivity index (χ2n) is 6.59. The van der Waals surface area contributed by atoms with Gasteiger partial charge in [-0.2, -0.15) is 5.10 Å². The Hall–Kier alpha value is -2.02. The molecule has 2 aromatic heterocycles. The van der Waals surface area contributed by atoms with Gasteiger partial charge < -0.3 is 9.64 Å². The molecule has 2 bridgehead atoms. The number of carbonyl (C=O) groups excluding carboxylic acids is 1. The lowest BCUT2D eigenvalue weighted by atomic mass is 9.96. The quantitative estimate of drug-likeness (QED) is 0.852. The molecule has 128 valence electrons. The number of piperidine rings is 1. The van der Waals surface area contributed by atoms with Crippen LogP contribution in [0.3, 0.4) is 0 Å². The average Bonchev–Trinajstić information content (AvgIpc) is 3.23. The number of aryl methyl sites for hydroxylation is 1. The molecule has 24 heavy (non-hydrogen) atoms. The highest BCUT2D eigenvalue weighted by Crippen LogP contribution is 2.42. The number of rotatable bonds is 3. The Morgan fingerprint density at radius 3 is 2.54 bits per heavy atom. The van der Waals surface area contributed by atoms with E-state index in [1.807, 2.05) is 15.8 Å². The van der Waals surface area contributed by atoms with Gasteiger partial charge in [-0.05, 0) is 25.7 Å². The molecule has 0 aromatic carbocycles. The van der Waals surface area contributed by atoms with Crippen LogP contribution in [0.2, 0.25) is 5.02 Å². The zero-order valence-corrected chi connectivity index (χ0v) is 14.5. The fraction of sp³-hybridized carbons (Fsp3) is 0.562. The molecule has 2 atom stereocenters. The minimum absolute atomic E-state index is 0.0180. The Morgan fingerprint density at radius 1 is 1.25 bits per heavy atom. The molecule has 0 aliphatic carbocycles. The Balaban J connectivity index is 1.57. The van der Waals surface area contributed by atoms with Gasteiger partial charge in [0.1, 0.15) is 5.56 Å². The van der Waals surface area contributed by atoms with E-state index in [2.05, 4.69) is 10.2 Å². The maximum absolute atomic E-state index is 13.0. The van der Waals surface area contributed by atoms with Crippen LogP contribution in [-0.2, 0) is 7.05 Å². The van der Waals surface area contributed by atoms with Crippen molar-refractivity contribution < 1.29 is 9.53 Å². The molecule has 2 saturated heterocycles. The van der Waals surface area contributed by atoms with E-state index in [9.17, 15) is 4.79 Å². The van der Waals surface area contributed by atoms with E-state index in [1.165, 1.54) is 0 Å². The average molecular weight is 350 g/mol. The van der Waals surface area contributed by atoms with Crippen molar-refractivity contribution in [3.63, 3.8) is 0 Å². The number of amides is 1. The first-order valence-electron chi connectivity index (χ1n) is 8.16. The van der Waals surface area contributed by atoms with E-state index in [1.54, 1.807) is 31.2 Å². The van der Waals surface area contributed by atoms with Gasteiger partial charge in [-0.25, -0.2) is 0 Å². The van der Waals surface area contributed by atoms with Crippen LogP contribution < -0.4 is 4.74 Å². The molecule has 2 aliphatic heterocycles. The van der Waals surface area contributed by atoms with E-state index < -0.39 is 0 Å². The van der Waals surface area contributed by atoms with Crippen molar-refractivity contribution in [1.82, 2.24) is 24.5 Å². The molecule has 0 N–H and O–H groups in total. The minimum atomic E-state index is 0.0180. The van der Waals surface area contributed by atoms with Crippen molar-refractivity contribution in [2.45, 2.75) is 43.8 Å². The van der Waals surface area contributed by atoms with Crippen LogP contribution in [0, 0.1) is 0 Å². The number of methoxy groups -OCH3 is 1. The maximum atomic E-state index is 13.0. The van der Waals surface area contributed by atoms with Gasteiger partial charge in [0.25, 0.3) is 5.91 Å². The molecule has 0 radical (unpaired) electrons. The summed E-state index contributed by atoms with van der Waals surface area (Å²) in [6.07, 6.45) is 9.15. The number of nitrogens with zero attached hydrogens (tertiary/aromatic N) is 5. The molecule has 4 rings (SSSR count). The predicted molar refractivity (Wildman–Crippen MR) is 88.2 cm³/mol. The highest BCUT2D eigenvalue weighted by atomic mass is 35.5. The lowest BCUT2D eigenvalue weighted by molar-refractivity contribution is 0.0521. The van der Waals surface area contributed by atoms with Crippen LogP contribution in [-0.4, -0.2) is 49.6 Å². The summed E-state index contributed by atoms with van der Waals surface area (Å²) in [7, 11) is 3.34. The van der Waals surface area contributed by atoms with Gasteiger partial charge in [0.2, 0.25) is 5.88 Å². The van der Waals surface area contributed by atoms with E-state index in [4.69, 9.17) is 16.3 Å². The molecular weight excluding hydrogens is 330 g/mol. The second kappa shape index (κ2) is 5.81. The van der Waals surface area contributed by atoms with E-state index >= 15 is 0 Å². The summed E-state index contributed by atoms with van der Waals surface area (Å²) in [5, 5.41) is 9.20. The molecule has 2 unspecified atom stereocenters. The SMILES string of the molecule is COc1nn(C)cc1C(=O)N1C2CCC1CC(n1cc(Cl)cn1)C2. The smallest absolute Gasteiger partial charge is 0.261 e. The lowest BCUT2D eigenvalue weighted by Gasteiger charge is -2.38. The lowest BCUT2D eigenvalue weighted by Crippen LogP contribution is -2.47. The standard InChI is InChI=1S/C16H20ClN5O2/c1-20-9-14(15(19-20)24-2)16(23)22-11-3-4-12(22)6-13(5-11)21-8-10(17)7-18-21/h7-9,11-13H,3-6H2,1-2H3. The Kier molecular flexibility index (Phi) is 3.75. The first-order chi connectivity index (χ1) is 11.6. The van der Waals surface area contributed by atoms with Gasteiger partial charge in [0.15, 0.2) is 0 Å². The number of halogens is 1. The molecule has 7 nitrogen and oxygen atoms in total. The van der Waals surface area contributed by atoms with Crippen molar-refractivity contribution in [3.05, 3.63) is 29.2 Å². The van der Waals surface area contributed by atoms with Gasteiger partial charge >= 0.3 is 0 Å². The summed E-state index contributed by atoms with van der Waals surface area (Å²) in [5.74, 6) is 0.410. The predicted octanol–water partition coefficient (Wildman–Crippen LogP) is 2.29. The van der Waals surface area contributed by atoms with Gasteiger partial charge in [0, 0.05) is 31.5 Å². The highest BCUT2D eigenvalue weighted by molar-refractivity contribution is 6.30. The molecule has 4 heterocycles. The number of fused-ring (bicyclic) bond motifs is 2. The second-order valence-corrected chi connectivity index (χ2v) is 7.02. The van der Waals surface area contributed by atoms with Crippen molar-refractivity contribution in [2.24, 2.45) is 7.05 Å². The molecule has 1 amide bonds. The van der Waals surface area contributed by atoms with Crippen LogP contribution in [0.1, 0.15) is 42.1 Å². The number of aromatic nitrogens is 4. The largest absolute Gasteiger partial charge is 0.479 e. The van der Waals surface area contributed by atoms with E-state index in [0.29, 0.717) is 22.5 Å². The van der Waals surface area contributed by atoms with Crippen molar-refractivity contribution in [1.29, 1.82) is 0 Å². The number of ether oxygens (including phenoxy) is 1. The summed E-state index contributed by atoms with van der Waals surface area (Å²) in [5.41, 5.74) is 0.539. The van der Waals surface area contributed by atoms with Crippen LogP contribution in [0.15, 0.2) is 18.6 Å². The topological polar surface area (TPSA) is 65.2 Å². The van der Waals surface area contributed by atoms with Gasteiger partial charge in [-0.1, -0.05) is 11.6 Å². The highest BCUT2D eigenvalue weighted by Gasteiger charge is 2.45. The van der Waals surface area contributed by atoms with Crippen molar-refractivity contribution in [2.75, 3.05) is 7.11 Å².